The number of carbonyl (C=O) groups is 2. The topological polar surface area (TPSA) is 43.4 Å². The Labute approximate surface area is 183 Å². The molecule has 0 radical (unpaired) electrons. The van der Waals surface area contributed by atoms with Gasteiger partial charge in [-0.2, -0.15) is 26.3 Å². The van der Waals surface area contributed by atoms with E-state index in [1.807, 2.05) is 0 Å². The summed E-state index contributed by atoms with van der Waals surface area (Å²) in [5, 5.41) is 0. The third kappa shape index (κ3) is 2.18. The first-order chi connectivity index (χ1) is 15.4. The number of halogens is 6. The lowest BCUT2D eigenvalue weighted by Gasteiger charge is -2.59. The van der Waals surface area contributed by atoms with E-state index in [1.54, 1.807) is 36.4 Å². The van der Waals surface area contributed by atoms with Crippen molar-refractivity contribution in [2.45, 2.75) is 37.0 Å². The van der Waals surface area contributed by atoms with Crippen LogP contribution in [-0.4, -0.2) is 11.9 Å². The summed E-state index contributed by atoms with van der Waals surface area (Å²) in [5.41, 5.74) is -5.54. The van der Waals surface area contributed by atoms with Crippen LogP contribution in [0.4, 0.5) is 26.3 Å². The summed E-state index contributed by atoms with van der Waals surface area (Å²) < 4.78 is 87.7. The second-order valence-corrected chi connectivity index (χ2v) is 9.02. The van der Waals surface area contributed by atoms with Crippen LogP contribution in [0, 0.1) is 10.8 Å². The van der Waals surface area contributed by atoms with Gasteiger partial charge in [0, 0.05) is 11.8 Å². The SMILES string of the molecule is O=C1OC(=O)[C@@]23CC=CC[C@]12[C@@H]1c2ccccc2[C@H]3c2cc(C(F)(F)F)c(C(F)(F)F)cc21. The van der Waals surface area contributed by atoms with Crippen LogP contribution in [-0.2, 0) is 26.7 Å². The van der Waals surface area contributed by atoms with Crippen molar-refractivity contribution in [3.05, 3.63) is 81.9 Å². The van der Waals surface area contributed by atoms with Crippen LogP contribution in [0.15, 0.2) is 48.6 Å². The van der Waals surface area contributed by atoms with E-state index in [0.29, 0.717) is 23.3 Å². The minimum atomic E-state index is -5.26. The Morgan fingerprint density at radius 1 is 0.697 bits per heavy atom. The first kappa shape index (κ1) is 20.5. The molecule has 7 rings (SSSR count). The van der Waals surface area contributed by atoms with Gasteiger partial charge in [0.05, 0.1) is 11.1 Å². The van der Waals surface area contributed by atoms with Gasteiger partial charge in [-0.3, -0.25) is 9.59 Å². The number of benzene rings is 2. The molecule has 5 aliphatic rings. The lowest BCUT2D eigenvalue weighted by atomic mass is 9.38. The van der Waals surface area contributed by atoms with Crippen LogP contribution in [0.25, 0.3) is 0 Å². The van der Waals surface area contributed by atoms with Crippen molar-refractivity contribution in [3.63, 3.8) is 0 Å². The van der Waals surface area contributed by atoms with Crippen LogP contribution in [0.2, 0.25) is 0 Å². The number of hydrogen-bond acceptors (Lipinski definition) is 3. The molecule has 0 N–H and O–H groups in total. The molecule has 1 fully saturated rings. The largest absolute Gasteiger partial charge is 0.417 e. The molecule has 0 amide bonds. The van der Waals surface area contributed by atoms with Crippen molar-refractivity contribution in [2.24, 2.45) is 10.8 Å². The van der Waals surface area contributed by atoms with E-state index < -0.39 is 58.1 Å². The second-order valence-electron chi connectivity index (χ2n) is 9.02. The number of hydrogen-bond donors (Lipinski definition) is 0. The van der Waals surface area contributed by atoms with Gasteiger partial charge in [-0.1, -0.05) is 36.4 Å². The van der Waals surface area contributed by atoms with Gasteiger partial charge in [-0.25, -0.2) is 0 Å². The smallest absolute Gasteiger partial charge is 0.392 e. The lowest BCUT2D eigenvalue weighted by Crippen LogP contribution is -2.59. The molecule has 1 heterocycles. The van der Waals surface area contributed by atoms with Crippen molar-refractivity contribution in [2.75, 3.05) is 0 Å². The van der Waals surface area contributed by atoms with Gasteiger partial charge < -0.3 is 4.74 Å². The van der Waals surface area contributed by atoms with E-state index in [4.69, 9.17) is 4.74 Å². The van der Waals surface area contributed by atoms with Gasteiger partial charge in [-0.05, 0) is 47.2 Å². The second kappa shape index (κ2) is 5.87. The molecule has 1 aliphatic heterocycles. The third-order valence-corrected chi connectivity index (χ3v) is 7.82. The number of rotatable bonds is 0. The highest BCUT2D eigenvalue weighted by molar-refractivity contribution is 6.06. The predicted molar refractivity (Wildman–Crippen MR) is 101 cm³/mol. The Bertz CT molecular complexity index is 1190. The van der Waals surface area contributed by atoms with E-state index in [2.05, 4.69) is 0 Å². The van der Waals surface area contributed by atoms with Gasteiger partial charge in [0.15, 0.2) is 0 Å². The minimum Gasteiger partial charge on any atom is -0.392 e. The molecule has 2 aromatic carbocycles. The summed E-state index contributed by atoms with van der Waals surface area (Å²) in [6.07, 6.45) is -7.04. The van der Waals surface area contributed by atoms with Crippen LogP contribution < -0.4 is 0 Å². The van der Waals surface area contributed by atoms with Crippen molar-refractivity contribution in [3.8, 4) is 0 Å². The van der Waals surface area contributed by atoms with E-state index in [-0.39, 0.29) is 24.0 Å². The van der Waals surface area contributed by atoms with E-state index >= 15 is 0 Å². The van der Waals surface area contributed by atoms with Crippen LogP contribution >= 0.6 is 0 Å². The molecule has 0 saturated carbocycles. The summed E-state index contributed by atoms with van der Waals surface area (Å²) in [7, 11) is 0. The molecule has 3 nitrogen and oxygen atoms in total. The molecule has 4 atom stereocenters. The predicted octanol–water partition coefficient (Wildman–Crippen LogP) is 5.72. The minimum absolute atomic E-state index is 0.00315. The van der Waals surface area contributed by atoms with Crippen molar-refractivity contribution in [1.82, 2.24) is 0 Å². The Balaban J connectivity index is 1.77. The maximum absolute atomic E-state index is 13.8. The monoisotopic (exact) mass is 464 g/mol. The maximum atomic E-state index is 13.8. The van der Waals surface area contributed by atoms with Crippen molar-refractivity contribution >= 4 is 11.9 Å². The summed E-state index contributed by atoms with van der Waals surface area (Å²) in [6, 6.07) is 7.69. The summed E-state index contributed by atoms with van der Waals surface area (Å²) >= 11 is 0. The first-order valence-electron chi connectivity index (χ1n) is 10.3. The summed E-state index contributed by atoms with van der Waals surface area (Å²) in [6.45, 7) is 0. The highest BCUT2D eigenvalue weighted by Crippen LogP contribution is 2.76. The molecule has 2 bridgehead atoms. The Hall–Kier alpha value is -3.10. The average molecular weight is 464 g/mol. The fourth-order valence-electron chi connectivity index (χ4n) is 6.72. The summed E-state index contributed by atoms with van der Waals surface area (Å²) in [5.74, 6) is -3.75. The molecular formula is C24H14F6O3. The normalized spacial score (nSPS) is 31.6. The molecule has 0 unspecified atom stereocenters. The molecule has 4 aliphatic carbocycles. The zero-order valence-corrected chi connectivity index (χ0v) is 16.7. The molecule has 0 spiro atoms. The van der Waals surface area contributed by atoms with Crippen molar-refractivity contribution < 1.29 is 40.7 Å². The number of alkyl halides is 6. The number of cyclic esters (lactones) is 2. The molecule has 9 heteroatoms. The molecule has 1 saturated heterocycles. The van der Waals surface area contributed by atoms with E-state index in [0.717, 1.165) is 0 Å². The maximum Gasteiger partial charge on any atom is 0.417 e. The van der Waals surface area contributed by atoms with E-state index in [1.165, 1.54) is 0 Å². The van der Waals surface area contributed by atoms with Crippen LogP contribution in [0.3, 0.4) is 0 Å². The number of ether oxygens (including phenoxy) is 1. The zero-order chi connectivity index (χ0) is 23.6. The molecule has 0 aromatic heterocycles. The molecule has 33 heavy (non-hydrogen) atoms. The van der Waals surface area contributed by atoms with Gasteiger partial charge >= 0.3 is 24.3 Å². The van der Waals surface area contributed by atoms with Crippen LogP contribution in [0.5, 0.6) is 0 Å². The highest BCUT2D eigenvalue weighted by atomic mass is 19.4. The number of carbonyl (C=O) groups excluding carboxylic acids is 2. The quantitative estimate of drug-likeness (QED) is 0.217. The van der Waals surface area contributed by atoms with Gasteiger partial charge in [0.1, 0.15) is 10.8 Å². The average Bonchev–Trinajstić information content (AvgIpc) is 2.99. The number of esters is 2. The van der Waals surface area contributed by atoms with Gasteiger partial charge in [0.25, 0.3) is 0 Å². The highest BCUT2D eigenvalue weighted by Gasteiger charge is 2.78. The van der Waals surface area contributed by atoms with E-state index in [9.17, 15) is 35.9 Å². The standard InChI is InChI=1S/C24H14F6O3/c25-23(26,27)15-9-13-14(10-16(15)24(28,29)30)18-12-6-2-1-5-11(12)17(13)21-7-3-4-8-22(18,21)20(32)33-19(21)31/h1-6,9-10,17-18H,7-8H2/t17-,18+,21-,22-/m0/s1. The number of allylic oxidation sites excluding steroid dienone is 2. The fraction of sp³-hybridized carbons (Fsp3) is 0.333. The molecule has 170 valence electrons. The Kier molecular flexibility index (Phi) is 3.65. The first-order valence-corrected chi connectivity index (χ1v) is 10.3. The van der Waals surface area contributed by atoms with Crippen molar-refractivity contribution in [1.29, 1.82) is 0 Å². The fourth-order valence-corrected chi connectivity index (χ4v) is 6.72. The Morgan fingerprint density at radius 2 is 1.09 bits per heavy atom. The van der Waals surface area contributed by atoms with Gasteiger partial charge in [0.2, 0.25) is 0 Å². The molecule has 2 aromatic rings. The third-order valence-electron chi connectivity index (χ3n) is 7.82. The van der Waals surface area contributed by atoms with Gasteiger partial charge in [-0.15, -0.1) is 0 Å². The van der Waals surface area contributed by atoms with Crippen LogP contribution in [0.1, 0.15) is 58.1 Å². The lowest BCUT2D eigenvalue weighted by molar-refractivity contribution is -0.162. The molecular weight excluding hydrogens is 450 g/mol. The summed E-state index contributed by atoms with van der Waals surface area (Å²) in [4.78, 5) is 26.4. The Morgan fingerprint density at radius 3 is 1.45 bits per heavy atom. The zero-order valence-electron chi connectivity index (χ0n) is 16.7.